The van der Waals surface area contributed by atoms with Crippen molar-refractivity contribution in [3.8, 4) is 0 Å². The molecule has 2 aliphatic rings. The summed E-state index contributed by atoms with van der Waals surface area (Å²) in [6, 6.07) is 0. The normalized spacial score (nSPS) is 42.9. The van der Waals surface area contributed by atoms with Gasteiger partial charge in [0, 0.05) is 15.6 Å². The van der Waals surface area contributed by atoms with Crippen molar-refractivity contribution in [3.63, 3.8) is 0 Å². The Morgan fingerprint density at radius 1 is 1.21 bits per heavy atom. The van der Waals surface area contributed by atoms with Gasteiger partial charge in [-0.1, -0.05) is 70.0 Å². The molecule has 2 fully saturated rings. The molecule has 0 aromatic heterocycles. The zero-order chi connectivity index (χ0) is 18.3. The van der Waals surface area contributed by atoms with Gasteiger partial charge in [-0.2, -0.15) is 0 Å². The average Bonchev–Trinajstić information content (AvgIpc) is 2.45. The maximum Gasteiger partial charge on any atom is 0.0828 e. The molecule has 0 aromatic carbocycles. The smallest absolute Gasteiger partial charge is 0.0828 e. The van der Waals surface area contributed by atoms with Gasteiger partial charge in [-0.25, -0.2) is 0 Å². The van der Waals surface area contributed by atoms with Crippen LogP contribution in [0.1, 0.15) is 59.8 Å². The molecule has 2 N–H and O–H groups in total. The van der Waals surface area contributed by atoms with E-state index in [9.17, 15) is 10.2 Å². The molecule has 0 radical (unpaired) electrons. The average molecular weight is 464 g/mol. The molecule has 0 aliphatic heterocycles. The minimum absolute atomic E-state index is 0.0247. The van der Waals surface area contributed by atoms with Crippen LogP contribution < -0.4 is 0 Å². The number of allylic oxidation sites excluding steroid dienone is 2. The van der Waals surface area contributed by atoms with Crippen LogP contribution in [0.25, 0.3) is 0 Å². The highest BCUT2D eigenvalue weighted by molar-refractivity contribution is 9.09. The fourth-order valence-electron chi connectivity index (χ4n) is 4.15. The van der Waals surface area contributed by atoms with Crippen molar-refractivity contribution in [2.24, 2.45) is 17.3 Å². The van der Waals surface area contributed by atoms with E-state index in [4.69, 9.17) is 0 Å². The third-order valence-electron chi connectivity index (χ3n) is 6.39. The number of alkyl halides is 2. The second-order valence-corrected chi connectivity index (χ2v) is 11.1. The molecule has 2 aliphatic carbocycles. The van der Waals surface area contributed by atoms with Crippen molar-refractivity contribution in [2.45, 2.75) is 80.7 Å². The molecule has 0 bridgehead atoms. The summed E-state index contributed by atoms with van der Waals surface area (Å²) in [7, 11) is 0. The van der Waals surface area contributed by atoms with Gasteiger partial charge in [0.1, 0.15) is 0 Å². The van der Waals surface area contributed by atoms with Crippen molar-refractivity contribution in [3.05, 3.63) is 24.3 Å². The Kier molecular flexibility index (Phi) is 6.17. The van der Waals surface area contributed by atoms with Crippen molar-refractivity contribution in [1.82, 2.24) is 0 Å². The van der Waals surface area contributed by atoms with E-state index in [2.05, 4.69) is 58.4 Å². The van der Waals surface area contributed by atoms with Gasteiger partial charge >= 0.3 is 0 Å². The third-order valence-corrected chi connectivity index (χ3v) is 9.38. The standard InChI is InChI=1S/C20H32Br2O2/c1-13-6-7-16(21)18(2,3)15(13)9-11-19(4,23)14-8-10-20(5,24)17(22)12-14/h9,11,14-17,23-24H,1,6-8,10,12H2,2-5H3/b11-9+/t14-,15+,16-,17-,19?,20+/m0/s1. The minimum atomic E-state index is -0.863. The van der Waals surface area contributed by atoms with Crippen molar-refractivity contribution in [1.29, 1.82) is 0 Å². The van der Waals surface area contributed by atoms with Crippen LogP contribution in [0.15, 0.2) is 24.3 Å². The van der Waals surface area contributed by atoms with Crippen molar-refractivity contribution < 1.29 is 10.2 Å². The summed E-state index contributed by atoms with van der Waals surface area (Å²) in [4.78, 5) is 0.489. The Bertz CT molecular complexity index is 508. The van der Waals surface area contributed by atoms with E-state index < -0.39 is 11.2 Å². The summed E-state index contributed by atoms with van der Waals surface area (Å²) >= 11 is 7.42. The van der Waals surface area contributed by atoms with Gasteiger partial charge in [-0.15, -0.1) is 0 Å². The van der Waals surface area contributed by atoms with Crippen LogP contribution >= 0.6 is 31.9 Å². The first-order chi connectivity index (χ1) is 10.9. The summed E-state index contributed by atoms with van der Waals surface area (Å²) in [6.07, 6.45) is 8.64. The van der Waals surface area contributed by atoms with Crippen LogP contribution in [0.4, 0.5) is 0 Å². The third kappa shape index (κ3) is 4.19. The lowest BCUT2D eigenvalue weighted by Gasteiger charge is -2.44. The summed E-state index contributed by atoms with van der Waals surface area (Å²) in [6.45, 7) is 12.6. The molecule has 4 heteroatoms. The molecule has 138 valence electrons. The molecule has 2 rings (SSSR count). The summed E-state index contributed by atoms with van der Waals surface area (Å²) < 4.78 is 0. The van der Waals surface area contributed by atoms with Crippen LogP contribution in [0, 0.1) is 17.3 Å². The fraction of sp³-hybridized carbons (Fsp3) is 0.800. The predicted molar refractivity (Wildman–Crippen MR) is 109 cm³/mol. The molecule has 0 amide bonds. The highest BCUT2D eigenvalue weighted by atomic mass is 79.9. The lowest BCUT2D eigenvalue weighted by atomic mass is 9.66. The Balaban J connectivity index is 2.13. The molecular formula is C20H32Br2O2. The second kappa shape index (κ2) is 7.17. The topological polar surface area (TPSA) is 40.5 Å². The SMILES string of the molecule is C=C1CC[C@H](Br)C(C)(C)[C@@H]1/C=C/C(C)(O)[C@H]1CC[C@@](C)(O)[C@@H](Br)C1. The quantitative estimate of drug-likeness (QED) is 0.436. The Hall–Kier alpha value is 0.360. The van der Waals surface area contributed by atoms with Gasteiger partial charge in [0.05, 0.1) is 11.2 Å². The van der Waals surface area contributed by atoms with Gasteiger partial charge in [0.2, 0.25) is 0 Å². The van der Waals surface area contributed by atoms with Gasteiger partial charge in [-0.05, 0) is 57.3 Å². The zero-order valence-corrected chi connectivity index (χ0v) is 18.5. The maximum absolute atomic E-state index is 11.0. The van der Waals surface area contributed by atoms with Crippen LogP contribution in [0.2, 0.25) is 0 Å². The molecule has 24 heavy (non-hydrogen) atoms. The number of aliphatic hydroxyl groups is 2. The highest BCUT2D eigenvalue weighted by Crippen LogP contribution is 2.48. The molecular weight excluding hydrogens is 432 g/mol. The van der Waals surface area contributed by atoms with E-state index >= 15 is 0 Å². The lowest BCUT2D eigenvalue weighted by molar-refractivity contribution is -0.0321. The highest BCUT2D eigenvalue weighted by Gasteiger charge is 2.43. The predicted octanol–water partition coefficient (Wildman–Crippen LogP) is 5.36. The van der Waals surface area contributed by atoms with Gasteiger partial charge in [0.25, 0.3) is 0 Å². The van der Waals surface area contributed by atoms with E-state index in [0.717, 1.165) is 25.7 Å². The Labute approximate surface area is 164 Å². The van der Waals surface area contributed by atoms with Crippen molar-refractivity contribution in [2.75, 3.05) is 0 Å². The van der Waals surface area contributed by atoms with E-state index in [1.165, 1.54) is 5.57 Å². The van der Waals surface area contributed by atoms with Crippen LogP contribution in [0.3, 0.4) is 0 Å². The van der Waals surface area contributed by atoms with Gasteiger partial charge in [-0.3, -0.25) is 0 Å². The molecule has 0 heterocycles. The lowest BCUT2D eigenvalue weighted by Crippen LogP contribution is -2.46. The van der Waals surface area contributed by atoms with Gasteiger partial charge in [0.15, 0.2) is 0 Å². The van der Waals surface area contributed by atoms with Crippen LogP contribution in [0.5, 0.6) is 0 Å². The largest absolute Gasteiger partial charge is 0.389 e. The molecule has 0 spiro atoms. The van der Waals surface area contributed by atoms with Crippen LogP contribution in [-0.4, -0.2) is 31.1 Å². The number of rotatable bonds is 3. The summed E-state index contributed by atoms with van der Waals surface area (Å²) in [5.41, 5.74) is -0.194. The molecule has 2 nitrogen and oxygen atoms in total. The van der Waals surface area contributed by atoms with Gasteiger partial charge < -0.3 is 10.2 Å². The monoisotopic (exact) mass is 462 g/mol. The zero-order valence-electron chi connectivity index (χ0n) is 15.4. The molecule has 0 aromatic rings. The number of hydrogen-bond donors (Lipinski definition) is 2. The number of hydrogen-bond acceptors (Lipinski definition) is 2. The van der Waals surface area contributed by atoms with E-state index in [-0.39, 0.29) is 22.1 Å². The van der Waals surface area contributed by atoms with Crippen LogP contribution in [-0.2, 0) is 0 Å². The maximum atomic E-state index is 11.0. The minimum Gasteiger partial charge on any atom is -0.389 e. The van der Waals surface area contributed by atoms with Crippen molar-refractivity contribution >= 4 is 31.9 Å². The first-order valence-corrected chi connectivity index (χ1v) is 10.8. The molecule has 6 atom stereocenters. The Morgan fingerprint density at radius 2 is 1.83 bits per heavy atom. The fourth-order valence-corrected chi connectivity index (χ4v) is 5.34. The van der Waals surface area contributed by atoms with E-state index in [1.54, 1.807) is 0 Å². The molecule has 2 saturated carbocycles. The molecule has 1 unspecified atom stereocenters. The van der Waals surface area contributed by atoms with E-state index in [0.29, 0.717) is 11.2 Å². The first kappa shape index (κ1) is 20.7. The first-order valence-electron chi connectivity index (χ1n) is 8.98. The summed E-state index contributed by atoms with van der Waals surface area (Å²) in [5.74, 6) is 0.423. The Morgan fingerprint density at radius 3 is 2.42 bits per heavy atom. The second-order valence-electron chi connectivity index (χ2n) is 8.84. The molecule has 0 saturated heterocycles. The van der Waals surface area contributed by atoms with E-state index in [1.807, 2.05) is 19.9 Å². The summed E-state index contributed by atoms with van der Waals surface area (Å²) in [5, 5.41) is 21.4. The number of halogens is 2.